The summed E-state index contributed by atoms with van der Waals surface area (Å²) in [5.74, 6) is 1.75. The zero-order valence-corrected chi connectivity index (χ0v) is 15.1. The fourth-order valence-corrected chi connectivity index (χ4v) is 2.87. The van der Waals surface area contributed by atoms with Gasteiger partial charge in [0.15, 0.2) is 0 Å². The molecule has 3 aromatic rings. The highest BCUT2D eigenvalue weighted by atomic mass is 16.5. The predicted molar refractivity (Wildman–Crippen MR) is 93.4 cm³/mol. The molecule has 2 aromatic heterocycles. The quantitative estimate of drug-likeness (QED) is 0.600. The van der Waals surface area contributed by atoms with E-state index in [1.807, 2.05) is 30.3 Å². The first-order chi connectivity index (χ1) is 13.3. The summed E-state index contributed by atoms with van der Waals surface area (Å²) in [5, 5.41) is 16.6. The summed E-state index contributed by atoms with van der Waals surface area (Å²) in [6.45, 7) is 3.64. The second-order valence-electron chi connectivity index (χ2n) is 6.21. The van der Waals surface area contributed by atoms with E-state index in [-0.39, 0.29) is 6.10 Å². The lowest BCUT2D eigenvalue weighted by atomic mass is 10.2. The number of methoxy groups -OCH3 is 1. The van der Waals surface area contributed by atoms with E-state index in [2.05, 4.69) is 30.5 Å². The number of benzene rings is 1. The Labute approximate surface area is 156 Å². The summed E-state index contributed by atoms with van der Waals surface area (Å²) in [6, 6.07) is 9.77. The van der Waals surface area contributed by atoms with Crippen molar-refractivity contribution in [3.63, 3.8) is 0 Å². The number of morpholine rings is 1. The highest BCUT2D eigenvalue weighted by Gasteiger charge is 2.27. The first kappa shape index (κ1) is 17.7. The van der Waals surface area contributed by atoms with Crippen LogP contribution in [0.5, 0.6) is 0 Å². The Bertz CT molecular complexity index is 851. The summed E-state index contributed by atoms with van der Waals surface area (Å²) < 4.78 is 16.2. The molecule has 10 heteroatoms. The molecule has 1 aliphatic heterocycles. The van der Waals surface area contributed by atoms with Crippen molar-refractivity contribution in [3.8, 4) is 11.4 Å². The van der Waals surface area contributed by atoms with Crippen LogP contribution in [0.1, 0.15) is 17.8 Å². The zero-order chi connectivity index (χ0) is 18.5. The van der Waals surface area contributed by atoms with Crippen LogP contribution < -0.4 is 0 Å². The van der Waals surface area contributed by atoms with Crippen molar-refractivity contribution in [2.75, 3.05) is 33.4 Å². The largest absolute Gasteiger partial charge is 0.383 e. The van der Waals surface area contributed by atoms with Crippen LogP contribution in [0.3, 0.4) is 0 Å². The topological polar surface area (TPSA) is 104 Å². The molecular weight excluding hydrogens is 350 g/mol. The zero-order valence-electron chi connectivity index (χ0n) is 15.1. The van der Waals surface area contributed by atoms with Crippen LogP contribution in [0, 0.1) is 0 Å². The fourth-order valence-electron chi connectivity index (χ4n) is 2.87. The van der Waals surface area contributed by atoms with Crippen molar-refractivity contribution in [2.24, 2.45) is 0 Å². The van der Waals surface area contributed by atoms with E-state index >= 15 is 0 Å². The molecule has 10 nitrogen and oxygen atoms in total. The van der Waals surface area contributed by atoms with Crippen molar-refractivity contribution in [1.29, 1.82) is 0 Å². The predicted octanol–water partition coefficient (Wildman–Crippen LogP) is 0.943. The van der Waals surface area contributed by atoms with Gasteiger partial charge in [-0.15, -0.1) is 10.2 Å². The number of hydrogen-bond acceptors (Lipinski definition) is 9. The molecule has 1 saturated heterocycles. The van der Waals surface area contributed by atoms with Crippen LogP contribution in [-0.4, -0.2) is 68.7 Å². The number of rotatable bonds is 7. The van der Waals surface area contributed by atoms with Gasteiger partial charge in [-0.1, -0.05) is 35.5 Å². The SMILES string of the molecule is COCCn1nnc(C2CN(Cc3nc(-c4ccccc4)no3)CCO2)n1. The average Bonchev–Trinajstić information content (AvgIpc) is 3.37. The van der Waals surface area contributed by atoms with E-state index in [0.29, 0.717) is 50.4 Å². The van der Waals surface area contributed by atoms with Gasteiger partial charge in [0.2, 0.25) is 17.5 Å². The van der Waals surface area contributed by atoms with Gasteiger partial charge < -0.3 is 14.0 Å². The standard InChI is InChI=1S/C17H21N7O3/c1-25-9-8-24-20-17(19-22-24)14-11-23(7-10-26-14)12-15-18-16(21-27-15)13-5-3-2-4-6-13/h2-6,14H,7-12H2,1H3. The normalized spacial score (nSPS) is 18.0. The molecule has 0 radical (unpaired) electrons. The number of tetrazole rings is 1. The maximum absolute atomic E-state index is 5.81. The van der Waals surface area contributed by atoms with Crippen LogP contribution in [0.4, 0.5) is 0 Å². The number of nitrogens with zero attached hydrogens (tertiary/aromatic N) is 7. The van der Waals surface area contributed by atoms with Gasteiger partial charge in [-0.3, -0.25) is 4.90 Å². The Morgan fingerprint density at radius 2 is 2.15 bits per heavy atom. The van der Waals surface area contributed by atoms with Gasteiger partial charge in [0.05, 0.1) is 26.3 Å². The fraction of sp³-hybridized carbons (Fsp3) is 0.471. The third-order valence-corrected chi connectivity index (χ3v) is 4.26. The van der Waals surface area contributed by atoms with Gasteiger partial charge in [0.1, 0.15) is 6.10 Å². The Morgan fingerprint density at radius 3 is 3.00 bits per heavy atom. The molecule has 0 amide bonds. The minimum atomic E-state index is -0.230. The highest BCUT2D eigenvalue weighted by molar-refractivity contribution is 5.53. The lowest BCUT2D eigenvalue weighted by Crippen LogP contribution is -2.38. The van der Waals surface area contributed by atoms with E-state index in [0.717, 1.165) is 12.1 Å². The van der Waals surface area contributed by atoms with Crippen LogP contribution >= 0.6 is 0 Å². The summed E-state index contributed by atoms with van der Waals surface area (Å²) in [5.41, 5.74) is 0.934. The number of ether oxygens (including phenoxy) is 2. The van der Waals surface area contributed by atoms with Crippen molar-refractivity contribution >= 4 is 0 Å². The first-order valence-corrected chi connectivity index (χ1v) is 8.80. The molecule has 3 heterocycles. The third-order valence-electron chi connectivity index (χ3n) is 4.26. The third kappa shape index (κ3) is 4.35. The molecule has 1 atom stereocenters. The van der Waals surface area contributed by atoms with Crippen LogP contribution in [0.2, 0.25) is 0 Å². The Morgan fingerprint density at radius 1 is 1.26 bits per heavy atom. The van der Waals surface area contributed by atoms with Crippen molar-refractivity contribution in [2.45, 2.75) is 19.2 Å². The summed E-state index contributed by atoms with van der Waals surface area (Å²) in [7, 11) is 1.64. The Balaban J connectivity index is 1.37. The van der Waals surface area contributed by atoms with Gasteiger partial charge in [-0.2, -0.15) is 9.78 Å². The number of hydrogen-bond donors (Lipinski definition) is 0. The average molecular weight is 371 g/mol. The number of aromatic nitrogens is 6. The van der Waals surface area contributed by atoms with Crippen molar-refractivity contribution in [3.05, 3.63) is 42.0 Å². The Kier molecular flexibility index (Phi) is 5.47. The van der Waals surface area contributed by atoms with E-state index in [4.69, 9.17) is 14.0 Å². The first-order valence-electron chi connectivity index (χ1n) is 8.80. The molecule has 0 bridgehead atoms. The summed E-state index contributed by atoms with van der Waals surface area (Å²) >= 11 is 0. The molecule has 1 fully saturated rings. The molecule has 0 spiro atoms. The van der Waals surface area contributed by atoms with Gasteiger partial charge in [-0.25, -0.2) is 0 Å². The van der Waals surface area contributed by atoms with Gasteiger partial charge in [0.25, 0.3) is 0 Å². The monoisotopic (exact) mass is 371 g/mol. The second-order valence-corrected chi connectivity index (χ2v) is 6.21. The maximum atomic E-state index is 5.81. The van der Waals surface area contributed by atoms with Crippen LogP contribution in [0.25, 0.3) is 11.4 Å². The van der Waals surface area contributed by atoms with E-state index in [9.17, 15) is 0 Å². The maximum Gasteiger partial charge on any atom is 0.241 e. The van der Waals surface area contributed by atoms with Gasteiger partial charge in [-0.05, 0) is 5.21 Å². The van der Waals surface area contributed by atoms with E-state index in [1.54, 1.807) is 7.11 Å². The smallest absolute Gasteiger partial charge is 0.241 e. The molecule has 142 valence electrons. The molecule has 0 saturated carbocycles. The molecular formula is C17H21N7O3. The lowest BCUT2D eigenvalue weighted by Gasteiger charge is -2.30. The van der Waals surface area contributed by atoms with Crippen LogP contribution in [0.15, 0.2) is 34.9 Å². The van der Waals surface area contributed by atoms with Crippen molar-refractivity contribution < 1.29 is 14.0 Å². The van der Waals surface area contributed by atoms with Crippen LogP contribution in [-0.2, 0) is 22.6 Å². The Hall–Kier alpha value is -2.69. The molecule has 4 rings (SSSR count). The van der Waals surface area contributed by atoms with Gasteiger partial charge >= 0.3 is 0 Å². The summed E-state index contributed by atoms with van der Waals surface area (Å²) in [6.07, 6.45) is -0.230. The molecule has 1 aromatic carbocycles. The van der Waals surface area contributed by atoms with Crippen molar-refractivity contribution in [1.82, 2.24) is 35.2 Å². The molecule has 0 aliphatic carbocycles. The minimum absolute atomic E-state index is 0.230. The molecule has 1 aliphatic rings. The van der Waals surface area contributed by atoms with Gasteiger partial charge in [0, 0.05) is 25.8 Å². The molecule has 27 heavy (non-hydrogen) atoms. The van der Waals surface area contributed by atoms with E-state index < -0.39 is 0 Å². The highest BCUT2D eigenvalue weighted by Crippen LogP contribution is 2.21. The minimum Gasteiger partial charge on any atom is -0.383 e. The second kappa shape index (κ2) is 8.33. The molecule has 1 unspecified atom stereocenters. The van der Waals surface area contributed by atoms with E-state index in [1.165, 1.54) is 4.80 Å². The molecule has 0 N–H and O–H groups in total. The lowest BCUT2D eigenvalue weighted by molar-refractivity contribution is -0.0399. The summed E-state index contributed by atoms with van der Waals surface area (Å²) in [4.78, 5) is 8.19.